The van der Waals surface area contributed by atoms with Crippen LogP contribution < -0.4 is 10.9 Å². The molecule has 0 fully saturated rings. The molecule has 6 nitrogen and oxygen atoms in total. The molecule has 2 aromatic heterocycles. The van der Waals surface area contributed by atoms with Crippen molar-refractivity contribution in [3.8, 4) is 11.1 Å². The number of carbonyl (C=O) groups excluding carboxylic acids is 1. The summed E-state index contributed by atoms with van der Waals surface area (Å²) in [5, 5.41) is 10.8. The van der Waals surface area contributed by atoms with Gasteiger partial charge in [-0.1, -0.05) is 0 Å². The fourth-order valence-electron chi connectivity index (χ4n) is 2.69. The van der Waals surface area contributed by atoms with E-state index in [9.17, 15) is 9.59 Å². The van der Waals surface area contributed by atoms with Crippen molar-refractivity contribution in [2.75, 3.05) is 0 Å². The third kappa shape index (κ3) is 1.84. The smallest absolute Gasteiger partial charge is 0.270 e. The predicted molar refractivity (Wildman–Crippen MR) is 82.6 cm³/mol. The number of fused-ring (bicyclic) bond motifs is 3. The van der Waals surface area contributed by atoms with Crippen LogP contribution in [0.25, 0.3) is 22.0 Å². The van der Waals surface area contributed by atoms with Crippen molar-refractivity contribution >= 4 is 16.8 Å². The number of benzene rings is 1. The molecule has 0 atom stereocenters. The first kappa shape index (κ1) is 12.8. The second-order valence-electron chi connectivity index (χ2n) is 6.04. The quantitative estimate of drug-likeness (QED) is 0.539. The Morgan fingerprint density at radius 1 is 1.27 bits per heavy atom. The number of nitrogens with one attached hydrogen (secondary N) is 3. The number of rotatable bonds is 3. The van der Waals surface area contributed by atoms with E-state index in [1.807, 2.05) is 26.0 Å². The minimum atomic E-state index is -0.618. The van der Waals surface area contributed by atoms with E-state index >= 15 is 0 Å². The summed E-state index contributed by atoms with van der Waals surface area (Å²) >= 11 is 0. The van der Waals surface area contributed by atoms with Crippen LogP contribution in [0.3, 0.4) is 0 Å². The van der Waals surface area contributed by atoms with Crippen LogP contribution in [-0.4, -0.2) is 21.1 Å². The lowest BCUT2D eigenvalue weighted by Gasteiger charge is -2.26. The van der Waals surface area contributed by atoms with Gasteiger partial charge in [-0.25, -0.2) is 0 Å². The van der Waals surface area contributed by atoms with Gasteiger partial charge in [-0.05, 0) is 43.2 Å². The van der Waals surface area contributed by atoms with E-state index in [4.69, 9.17) is 0 Å². The van der Waals surface area contributed by atoms with Crippen molar-refractivity contribution < 1.29 is 4.79 Å². The van der Waals surface area contributed by atoms with Crippen molar-refractivity contribution in [2.24, 2.45) is 0 Å². The molecule has 2 aromatic rings. The fraction of sp³-hybridized carbons (Fsp3) is 0.188. The highest BCUT2D eigenvalue weighted by Gasteiger charge is 2.28. The SMILES string of the molecule is CC(C)(NC(=O)c1[nH]nc2c3cc-3cc12)c1ccc(=O)[nH]c1. The van der Waals surface area contributed by atoms with Gasteiger partial charge in [0.05, 0.1) is 5.54 Å². The molecule has 0 spiro atoms. The summed E-state index contributed by atoms with van der Waals surface area (Å²) in [4.78, 5) is 26.3. The van der Waals surface area contributed by atoms with Crippen LogP contribution in [0.2, 0.25) is 0 Å². The van der Waals surface area contributed by atoms with Crippen molar-refractivity contribution in [2.45, 2.75) is 19.4 Å². The number of carbonyl (C=O) groups is 1. The summed E-state index contributed by atoms with van der Waals surface area (Å²) in [5.74, 6) is -0.219. The summed E-state index contributed by atoms with van der Waals surface area (Å²) in [7, 11) is 0. The predicted octanol–water partition coefficient (Wildman–Crippen LogP) is 1.90. The van der Waals surface area contributed by atoms with Crippen molar-refractivity contribution in [3.63, 3.8) is 0 Å². The van der Waals surface area contributed by atoms with Crippen LogP contribution in [0.4, 0.5) is 0 Å². The Kier molecular flexibility index (Phi) is 2.37. The maximum Gasteiger partial charge on any atom is 0.270 e. The number of H-pyrrole nitrogens is 2. The van der Waals surface area contributed by atoms with Crippen LogP contribution >= 0.6 is 0 Å². The zero-order valence-corrected chi connectivity index (χ0v) is 12.2. The second kappa shape index (κ2) is 4.07. The van der Waals surface area contributed by atoms with Gasteiger partial charge >= 0.3 is 0 Å². The molecular formula is C16H14N4O2. The summed E-state index contributed by atoms with van der Waals surface area (Å²) in [6, 6.07) is 7.16. The molecule has 2 heterocycles. The standard InChI is InChI=1S/C16H14N4O2/c1-16(2,9-3-4-12(21)17-7-9)18-15(22)14-11-6-8-5-10(8)13(11)19-20-14/h3-7H,1-2H3,(H,17,21)(H,18,22)(H,19,20). The largest absolute Gasteiger partial charge is 0.342 e. The fourth-order valence-corrected chi connectivity index (χ4v) is 2.69. The molecule has 110 valence electrons. The average molecular weight is 294 g/mol. The molecule has 0 aliphatic heterocycles. The van der Waals surface area contributed by atoms with E-state index in [-0.39, 0.29) is 11.5 Å². The van der Waals surface area contributed by atoms with E-state index in [1.165, 1.54) is 6.07 Å². The third-order valence-corrected chi connectivity index (χ3v) is 4.05. The van der Waals surface area contributed by atoms with Crippen molar-refractivity contribution in [1.82, 2.24) is 20.5 Å². The molecule has 0 saturated heterocycles. The third-order valence-electron chi connectivity index (χ3n) is 4.05. The van der Waals surface area contributed by atoms with Gasteiger partial charge in [0.25, 0.3) is 5.91 Å². The summed E-state index contributed by atoms with van der Waals surface area (Å²) in [5.41, 5.74) is 3.62. The number of hydrogen-bond acceptors (Lipinski definition) is 3. The number of nitrogens with zero attached hydrogens (tertiary/aromatic N) is 1. The molecule has 1 amide bonds. The van der Waals surface area contributed by atoms with Crippen LogP contribution in [-0.2, 0) is 5.54 Å². The van der Waals surface area contributed by atoms with Gasteiger partial charge in [0, 0.05) is 23.2 Å². The first-order valence-corrected chi connectivity index (χ1v) is 7.00. The molecule has 0 radical (unpaired) electrons. The van der Waals surface area contributed by atoms with Crippen LogP contribution in [0.15, 0.2) is 35.3 Å². The van der Waals surface area contributed by atoms with Gasteiger partial charge in [-0.3, -0.25) is 14.7 Å². The van der Waals surface area contributed by atoms with Gasteiger partial charge < -0.3 is 10.3 Å². The molecule has 4 rings (SSSR count). The van der Waals surface area contributed by atoms with Gasteiger partial charge in [0.15, 0.2) is 0 Å². The zero-order chi connectivity index (χ0) is 15.5. The Labute approximate surface area is 125 Å². The van der Waals surface area contributed by atoms with Gasteiger partial charge in [0.2, 0.25) is 5.56 Å². The maximum atomic E-state index is 12.5. The maximum absolute atomic E-state index is 12.5. The minimum absolute atomic E-state index is 0.170. The molecule has 0 bridgehead atoms. The number of pyridine rings is 1. The zero-order valence-electron chi connectivity index (χ0n) is 12.2. The van der Waals surface area contributed by atoms with E-state index in [2.05, 4.69) is 20.5 Å². The van der Waals surface area contributed by atoms with E-state index in [1.54, 1.807) is 12.3 Å². The van der Waals surface area contributed by atoms with E-state index in [0.717, 1.165) is 27.6 Å². The number of aromatic nitrogens is 3. The monoisotopic (exact) mass is 294 g/mol. The van der Waals surface area contributed by atoms with Crippen LogP contribution in [0, 0.1) is 0 Å². The normalized spacial score (nSPS) is 12.5. The number of hydrogen-bond donors (Lipinski definition) is 3. The lowest BCUT2D eigenvalue weighted by Crippen LogP contribution is -2.41. The second-order valence-corrected chi connectivity index (χ2v) is 6.04. The van der Waals surface area contributed by atoms with E-state index in [0.29, 0.717) is 5.69 Å². The first-order chi connectivity index (χ1) is 10.5. The summed E-state index contributed by atoms with van der Waals surface area (Å²) in [6.45, 7) is 3.77. The summed E-state index contributed by atoms with van der Waals surface area (Å²) < 4.78 is 0. The highest BCUT2D eigenvalue weighted by atomic mass is 16.2. The van der Waals surface area contributed by atoms with E-state index < -0.39 is 5.54 Å². The van der Waals surface area contributed by atoms with Crippen molar-refractivity contribution in [3.05, 3.63) is 52.1 Å². The Morgan fingerprint density at radius 2 is 2.09 bits per heavy atom. The molecule has 2 aliphatic carbocycles. The molecule has 0 unspecified atom stereocenters. The Morgan fingerprint density at radius 3 is 2.82 bits per heavy atom. The molecule has 0 saturated carbocycles. The topological polar surface area (TPSA) is 90.6 Å². The van der Waals surface area contributed by atoms with Crippen molar-refractivity contribution in [1.29, 1.82) is 0 Å². The lowest BCUT2D eigenvalue weighted by atomic mass is 9.95. The Hall–Kier alpha value is -2.89. The molecule has 22 heavy (non-hydrogen) atoms. The molecular weight excluding hydrogens is 280 g/mol. The molecule has 0 aromatic carbocycles. The highest BCUT2D eigenvalue weighted by molar-refractivity contribution is 6.15. The Bertz CT molecular complexity index is 961. The number of amides is 1. The molecule has 2 aliphatic rings. The Balaban J connectivity index is 1.64. The van der Waals surface area contributed by atoms with Gasteiger partial charge in [-0.15, -0.1) is 0 Å². The van der Waals surface area contributed by atoms with Crippen LogP contribution in [0.5, 0.6) is 0 Å². The van der Waals surface area contributed by atoms with Gasteiger partial charge in [0.1, 0.15) is 11.2 Å². The number of aromatic amines is 2. The molecule has 6 heteroatoms. The summed E-state index contributed by atoms with van der Waals surface area (Å²) in [6.07, 6.45) is 1.61. The first-order valence-electron chi connectivity index (χ1n) is 7.00. The minimum Gasteiger partial charge on any atom is -0.342 e. The van der Waals surface area contributed by atoms with Gasteiger partial charge in [-0.2, -0.15) is 5.10 Å². The average Bonchev–Trinajstić information content (AvgIpc) is 2.93. The van der Waals surface area contributed by atoms with Crippen LogP contribution in [0.1, 0.15) is 29.9 Å². The lowest BCUT2D eigenvalue weighted by molar-refractivity contribution is 0.0908. The molecule has 3 N–H and O–H groups in total. The highest BCUT2D eigenvalue weighted by Crippen LogP contribution is 2.42.